The van der Waals surface area contributed by atoms with Crippen molar-refractivity contribution < 1.29 is 19.2 Å². The summed E-state index contributed by atoms with van der Waals surface area (Å²) < 4.78 is 10.7. The van der Waals surface area contributed by atoms with Gasteiger partial charge in [0.2, 0.25) is 0 Å². The van der Waals surface area contributed by atoms with Crippen molar-refractivity contribution in [3.63, 3.8) is 0 Å². The lowest BCUT2D eigenvalue weighted by Crippen LogP contribution is -2.29. The van der Waals surface area contributed by atoms with Gasteiger partial charge in [-0.3, -0.25) is 10.1 Å². The minimum atomic E-state index is -0.889. The normalized spacial score (nSPS) is 11.3. The first-order chi connectivity index (χ1) is 13.5. The lowest BCUT2D eigenvalue weighted by atomic mass is 10.0. The Balaban J connectivity index is 2.33. The Morgan fingerprint density at radius 3 is 2.43 bits per heavy atom. The van der Waals surface area contributed by atoms with Gasteiger partial charge in [-0.2, -0.15) is 5.26 Å². The third-order valence-electron chi connectivity index (χ3n) is 4.14. The SMILES string of the molecule is CCCCC(Oc1ccc(-c2ccc(C#N)cc2)cc1[N+](=O)[O-])C(=O)OCC. The zero-order chi connectivity index (χ0) is 20.5. The molecule has 2 rings (SSSR count). The third kappa shape index (κ3) is 5.30. The zero-order valence-corrected chi connectivity index (χ0v) is 15.9. The van der Waals surface area contributed by atoms with Crippen LogP contribution in [0.5, 0.6) is 5.75 Å². The fraction of sp³-hybridized carbons (Fsp3) is 0.333. The molecule has 28 heavy (non-hydrogen) atoms. The number of nitrogens with zero attached hydrogens (tertiary/aromatic N) is 2. The first kappa shape index (κ1) is 20.9. The van der Waals surface area contributed by atoms with Crippen LogP contribution in [0.1, 0.15) is 38.7 Å². The number of ether oxygens (including phenoxy) is 2. The molecule has 0 heterocycles. The number of nitro groups is 1. The van der Waals surface area contributed by atoms with Crippen molar-refractivity contribution in [2.45, 2.75) is 39.2 Å². The van der Waals surface area contributed by atoms with Crippen LogP contribution in [0.4, 0.5) is 5.69 Å². The van der Waals surface area contributed by atoms with Crippen LogP contribution in [-0.2, 0) is 9.53 Å². The largest absolute Gasteiger partial charge is 0.472 e. The van der Waals surface area contributed by atoms with Crippen molar-refractivity contribution in [1.82, 2.24) is 0 Å². The highest BCUT2D eigenvalue weighted by Gasteiger charge is 2.26. The van der Waals surface area contributed by atoms with Gasteiger partial charge >= 0.3 is 11.7 Å². The number of carbonyl (C=O) groups is 1. The van der Waals surface area contributed by atoms with Gasteiger partial charge in [0.15, 0.2) is 11.9 Å². The molecule has 0 fully saturated rings. The van der Waals surface area contributed by atoms with Gasteiger partial charge in [0.25, 0.3) is 0 Å². The second-order valence-corrected chi connectivity index (χ2v) is 6.13. The van der Waals surface area contributed by atoms with Crippen LogP contribution < -0.4 is 4.74 Å². The smallest absolute Gasteiger partial charge is 0.347 e. The van der Waals surface area contributed by atoms with E-state index in [-0.39, 0.29) is 18.0 Å². The van der Waals surface area contributed by atoms with Gasteiger partial charge in [0.05, 0.1) is 23.2 Å². The summed E-state index contributed by atoms with van der Waals surface area (Å²) in [5.74, 6) is -0.502. The molecule has 2 aromatic rings. The van der Waals surface area contributed by atoms with E-state index in [1.165, 1.54) is 12.1 Å². The summed E-state index contributed by atoms with van der Waals surface area (Å²) in [6.45, 7) is 3.89. The number of hydrogen-bond donors (Lipinski definition) is 0. The van der Waals surface area contributed by atoms with Gasteiger partial charge in [-0.05, 0) is 49.1 Å². The summed E-state index contributed by atoms with van der Waals surface area (Å²) in [5.41, 5.74) is 1.63. The van der Waals surface area contributed by atoms with Gasteiger partial charge < -0.3 is 9.47 Å². The molecule has 0 radical (unpaired) electrons. The second kappa shape index (κ2) is 10.1. The number of rotatable bonds is 9. The van der Waals surface area contributed by atoms with E-state index in [2.05, 4.69) is 0 Å². The Morgan fingerprint density at radius 1 is 1.18 bits per heavy atom. The monoisotopic (exact) mass is 382 g/mol. The predicted octanol–water partition coefficient (Wildman–Crippen LogP) is 4.63. The van der Waals surface area contributed by atoms with Gasteiger partial charge in [-0.25, -0.2) is 4.79 Å². The van der Waals surface area contributed by atoms with Crippen LogP contribution in [0.15, 0.2) is 42.5 Å². The third-order valence-corrected chi connectivity index (χ3v) is 4.14. The van der Waals surface area contributed by atoms with Crippen molar-refractivity contribution in [3.8, 4) is 22.9 Å². The molecule has 146 valence electrons. The highest BCUT2D eigenvalue weighted by atomic mass is 16.6. The molecule has 0 N–H and O–H groups in total. The topological polar surface area (TPSA) is 102 Å². The molecule has 7 nitrogen and oxygen atoms in total. The van der Waals surface area contributed by atoms with Crippen molar-refractivity contribution in [3.05, 3.63) is 58.1 Å². The maximum atomic E-state index is 12.1. The van der Waals surface area contributed by atoms with Crippen molar-refractivity contribution in [1.29, 1.82) is 5.26 Å². The van der Waals surface area contributed by atoms with Crippen LogP contribution in [0.2, 0.25) is 0 Å². The Kier molecular flexibility index (Phi) is 7.52. The summed E-state index contributed by atoms with van der Waals surface area (Å²) >= 11 is 0. The molecule has 0 aromatic heterocycles. The molecule has 0 saturated heterocycles. The molecule has 0 amide bonds. The zero-order valence-electron chi connectivity index (χ0n) is 15.9. The number of nitriles is 1. The first-order valence-electron chi connectivity index (χ1n) is 9.12. The molecule has 7 heteroatoms. The number of nitro benzene ring substituents is 1. The fourth-order valence-electron chi connectivity index (χ4n) is 2.68. The summed E-state index contributed by atoms with van der Waals surface area (Å²) in [5, 5.41) is 20.5. The van der Waals surface area contributed by atoms with E-state index in [0.717, 1.165) is 18.4 Å². The maximum absolute atomic E-state index is 12.1. The van der Waals surface area contributed by atoms with Crippen LogP contribution in [-0.4, -0.2) is 23.6 Å². The van der Waals surface area contributed by atoms with E-state index in [1.54, 1.807) is 37.3 Å². The quantitative estimate of drug-likeness (QED) is 0.356. The Hall–Kier alpha value is -3.40. The number of carbonyl (C=O) groups excluding carboxylic acids is 1. The maximum Gasteiger partial charge on any atom is 0.347 e. The van der Waals surface area contributed by atoms with Crippen molar-refractivity contribution >= 4 is 11.7 Å². The van der Waals surface area contributed by atoms with E-state index in [9.17, 15) is 14.9 Å². The molecule has 0 aliphatic rings. The second-order valence-electron chi connectivity index (χ2n) is 6.13. The van der Waals surface area contributed by atoms with E-state index in [1.807, 2.05) is 13.0 Å². The molecule has 1 atom stereocenters. The molecule has 2 aromatic carbocycles. The van der Waals surface area contributed by atoms with Crippen LogP contribution >= 0.6 is 0 Å². The van der Waals surface area contributed by atoms with Gasteiger partial charge in [0, 0.05) is 6.07 Å². The summed E-state index contributed by atoms with van der Waals surface area (Å²) in [6, 6.07) is 13.3. The van der Waals surface area contributed by atoms with Gasteiger partial charge in [0.1, 0.15) is 0 Å². The lowest BCUT2D eigenvalue weighted by molar-refractivity contribution is -0.386. The number of unbranched alkanes of at least 4 members (excludes halogenated alkanes) is 1. The standard InChI is InChI=1S/C21H22N2O5/c1-3-5-6-20(21(24)27-4-2)28-19-12-11-17(13-18(19)23(25)26)16-9-7-15(14-22)8-10-16/h7-13,20H,3-6H2,1-2H3. The average molecular weight is 382 g/mol. The van der Waals surface area contributed by atoms with Gasteiger partial charge in [-0.1, -0.05) is 31.5 Å². The summed E-state index contributed by atoms with van der Waals surface area (Å²) in [7, 11) is 0. The highest BCUT2D eigenvalue weighted by molar-refractivity contribution is 5.76. The first-order valence-corrected chi connectivity index (χ1v) is 9.12. The molecule has 0 spiro atoms. The summed E-state index contributed by atoms with van der Waals surface area (Å²) in [4.78, 5) is 23.2. The van der Waals surface area contributed by atoms with E-state index in [0.29, 0.717) is 17.5 Å². The molecule has 0 aliphatic carbocycles. The Labute approximate surface area is 163 Å². The number of esters is 1. The van der Waals surface area contributed by atoms with E-state index < -0.39 is 17.0 Å². The van der Waals surface area contributed by atoms with E-state index in [4.69, 9.17) is 14.7 Å². The van der Waals surface area contributed by atoms with Crippen molar-refractivity contribution in [2.24, 2.45) is 0 Å². The minimum Gasteiger partial charge on any atom is -0.472 e. The fourth-order valence-corrected chi connectivity index (χ4v) is 2.68. The molecular formula is C21H22N2O5. The lowest BCUT2D eigenvalue weighted by Gasteiger charge is -2.17. The molecule has 1 unspecified atom stereocenters. The molecule has 0 bridgehead atoms. The molecule has 0 aliphatic heterocycles. The predicted molar refractivity (Wildman–Crippen MR) is 104 cm³/mol. The highest BCUT2D eigenvalue weighted by Crippen LogP contribution is 2.33. The Bertz CT molecular complexity index is 871. The summed E-state index contributed by atoms with van der Waals surface area (Å²) in [6.07, 6.45) is 1.13. The van der Waals surface area contributed by atoms with E-state index >= 15 is 0 Å². The number of hydrogen-bond acceptors (Lipinski definition) is 6. The van der Waals surface area contributed by atoms with Crippen molar-refractivity contribution in [2.75, 3.05) is 6.61 Å². The molecule has 0 saturated carbocycles. The molecular weight excluding hydrogens is 360 g/mol. The van der Waals surface area contributed by atoms with Crippen LogP contribution in [0.25, 0.3) is 11.1 Å². The van der Waals surface area contributed by atoms with Gasteiger partial charge in [-0.15, -0.1) is 0 Å². The average Bonchev–Trinajstić information content (AvgIpc) is 2.71. The van der Waals surface area contributed by atoms with Crippen LogP contribution in [0, 0.1) is 21.4 Å². The minimum absolute atomic E-state index is 0.0246. The Morgan fingerprint density at radius 2 is 1.86 bits per heavy atom. The number of benzene rings is 2. The van der Waals surface area contributed by atoms with Crippen LogP contribution in [0.3, 0.4) is 0 Å².